The highest BCUT2D eigenvalue weighted by Crippen LogP contribution is 2.30. The summed E-state index contributed by atoms with van der Waals surface area (Å²) >= 11 is 0. The molecule has 0 radical (unpaired) electrons. The number of hydrogen-bond acceptors (Lipinski definition) is 13. The number of ether oxygens (including phenoxy) is 4. The first kappa shape index (κ1) is 77.8. The molecular formula is C70H127NO13. The van der Waals surface area contributed by atoms with Crippen LogP contribution in [0.2, 0.25) is 0 Å². The summed E-state index contributed by atoms with van der Waals surface area (Å²) < 4.78 is 22.8. The lowest BCUT2D eigenvalue weighted by molar-refractivity contribution is -0.359. The molecule has 0 bridgehead atoms. The molecule has 84 heavy (non-hydrogen) atoms. The van der Waals surface area contributed by atoms with Crippen LogP contribution in [0.4, 0.5) is 0 Å². The topological polar surface area (TPSA) is 228 Å². The van der Waals surface area contributed by atoms with Gasteiger partial charge in [-0.3, -0.25) is 4.79 Å². The number of carbonyl (C=O) groups is 1. The molecule has 490 valence electrons. The van der Waals surface area contributed by atoms with Crippen LogP contribution in [0.25, 0.3) is 0 Å². The van der Waals surface area contributed by atoms with E-state index in [9.17, 15) is 45.6 Å². The molecule has 12 atom stereocenters. The van der Waals surface area contributed by atoms with Gasteiger partial charge in [-0.15, -0.1) is 0 Å². The van der Waals surface area contributed by atoms with E-state index in [0.29, 0.717) is 6.42 Å². The second kappa shape index (κ2) is 54.8. The lowest BCUT2D eigenvalue weighted by Crippen LogP contribution is -2.65. The maximum absolute atomic E-state index is 13.3. The zero-order valence-corrected chi connectivity index (χ0v) is 53.1. The number of nitrogens with one attached hydrogen (secondary N) is 1. The summed E-state index contributed by atoms with van der Waals surface area (Å²) in [6.07, 6.45) is 55.7. The third-order valence-electron chi connectivity index (χ3n) is 16.7. The minimum Gasteiger partial charge on any atom is -0.394 e. The van der Waals surface area contributed by atoms with E-state index in [1.807, 2.05) is 6.08 Å². The average Bonchev–Trinajstić information content (AvgIpc) is 3.23. The van der Waals surface area contributed by atoms with E-state index in [1.54, 1.807) is 6.08 Å². The molecule has 2 aliphatic heterocycles. The van der Waals surface area contributed by atoms with Crippen LogP contribution < -0.4 is 5.32 Å². The number of amides is 1. The van der Waals surface area contributed by atoms with Crippen molar-refractivity contribution in [3.63, 3.8) is 0 Å². The molecule has 0 aromatic carbocycles. The number of allylic oxidation sites excluding steroid dienone is 9. The van der Waals surface area contributed by atoms with E-state index in [1.165, 1.54) is 193 Å². The molecule has 1 amide bonds. The van der Waals surface area contributed by atoms with Crippen LogP contribution in [0.15, 0.2) is 60.8 Å². The highest BCUT2D eigenvalue weighted by atomic mass is 16.7. The van der Waals surface area contributed by atoms with Gasteiger partial charge >= 0.3 is 0 Å². The van der Waals surface area contributed by atoms with Gasteiger partial charge in [0.1, 0.15) is 48.8 Å². The molecule has 0 aromatic heterocycles. The van der Waals surface area contributed by atoms with Gasteiger partial charge in [0.25, 0.3) is 0 Å². The Kier molecular flexibility index (Phi) is 50.8. The third-order valence-corrected chi connectivity index (χ3v) is 16.7. The van der Waals surface area contributed by atoms with Gasteiger partial charge in [-0.05, 0) is 57.8 Å². The number of aliphatic hydroxyl groups is 8. The van der Waals surface area contributed by atoms with Crippen molar-refractivity contribution in [2.45, 2.75) is 357 Å². The van der Waals surface area contributed by atoms with Crippen LogP contribution in [-0.4, -0.2) is 140 Å². The van der Waals surface area contributed by atoms with Crippen molar-refractivity contribution in [2.75, 3.05) is 19.8 Å². The second-order valence-corrected chi connectivity index (χ2v) is 24.3. The predicted octanol–water partition coefficient (Wildman–Crippen LogP) is 13.7. The summed E-state index contributed by atoms with van der Waals surface area (Å²) in [6, 6.07) is -0.914. The van der Waals surface area contributed by atoms with Crippen LogP contribution >= 0.6 is 0 Å². The Morgan fingerprint density at radius 1 is 0.440 bits per heavy atom. The van der Waals surface area contributed by atoms with Crippen LogP contribution in [0, 0.1) is 0 Å². The highest BCUT2D eigenvalue weighted by molar-refractivity contribution is 5.76. The van der Waals surface area contributed by atoms with E-state index >= 15 is 0 Å². The highest BCUT2D eigenvalue weighted by Gasteiger charge is 2.51. The van der Waals surface area contributed by atoms with Crippen LogP contribution in [-0.2, 0) is 23.7 Å². The van der Waals surface area contributed by atoms with Crippen molar-refractivity contribution in [3.8, 4) is 0 Å². The standard InChI is InChI=1S/C70H127NO13/c1-3-5-7-9-11-13-15-17-19-20-21-22-23-24-25-26-27-28-29-30-31-32-33-34-35-36-37-38-40-42-44-46-48-50-52-54-62(75)71-58(59(74)53-51-49-47-45-43-41-39-18-16-14-12-10-8-6-4-2)57-81-69-67(80)65(78)68(61(56-73)83-69)84-70-66(79)64(77)63(76)60(55-72)82-70/h5,7,11,13,17,19,21-22,51,53,58-61,63-70,72-74,76-80H,3-4,6,8-10,12,14-16,18,20,23-50,52,54-57H2,1-2H3,(H,71,75)/b7-5-,13-11-,19-17-,22-21-,53-51+. The van der Waals surface area contributed by atoms with Crippen molar-refractivity contribution in [1.82, 2.24) is 5.32 Å². The summed E-state index contributed by atoms with van der Waals surface area (Å²) in [5.41, 5.74) is 0. The van der Waals surface area contributed by atoms with Gasteiger partial charge in [0.15, 0.2) is 12.6 Å². The van der Waals surface area contributed by atoms with E-state index < -0.39 is 86.8 Å². The number of hydrogen-bond donors (Lipinski definition) is 9. The Labute approximate surface area is 511 Å². The van der Waals surface area contributed by atoms with Crippen LogP contribution in [0.5, 0.6) is 0 Å². The minimum atomic E-state index is -1.79. The van der Waals surface area contributed by atoms with E-state index in [4.69, 9.17) is 18.9 Å². The zero-order valence-electron chi connectivity index (χ0n) is 53.1. The summed E-state index contributed by atoms with van der Waals surface area (Å²) in [6.45, 7) is 2.71. The maximum atomic E-state index is 13.3. The quantitative estimate of drug-likeness (QED) is 0.0204. The summed E-state index contributed by atoms with van der Waals surface area (Å²) in [5, 5.41) is 87.3. The van der Waals surface area contributed by atoms with Crippen LogP contribution in [0.3, 0.4) is 0 Å². The van der Waals surface area contributed by atoms with Gasteiger partial charge in [-0.2, -0.15) is 0 Å². The van der Waals surface area contributed by atoms with Gasteiger partial charge in [-0.1, -0.05) is 280 Å². The number of rotatable bonds is 56. The Bertz CT molecular complexity index is 1640. The number of unbranched alkanes of at least 4 members (excludes halogenated alkanes) is 35. The minimum absolute atomic E-state index is 0.236. The Balaban J connectivity index is 1.60. The fourth-order valence-electron chi connectivity index (χ4n) is 11.2. The molecule has 0 aromatic rings. The molecule has 0 aliphatic carbocycles. The summed E-state index contributed by atoms with van der Waals surface area (Å²) in [4.78, 5) is 13.3. The first-order valence-electron chi connectivity index (χ1n) is 34.5. The SMILES string of the molecule is CC/C=C\C/C=C\C/C=C\C/C=C\CCCCCCCCCCCCCCCCCCCCCCCCC(=O)NC(COC1OC(CO)C(OC2OC(CO)C(O)C(O)C2O)C(O)C1O)C(O)/C=C/CCCCCCCCCCCCCCC. The molecule has 14 nitrogen and oxygen atoms in total. The Hall–Kier alpha value is -2.31. The van der Waals surface area contributed by atoms with Crippen molar-refractivity contribution >= 4 is 5.91 Å². The predicted molar refractivity (Wildman–Crippen MR) is 341 cm³/mol. The van der Waals surface area contributed by atoms with Crippen molar-refractivity contribution in [2.24, 2.45) is 0 Å². The molecule has 9 N–H and O–H groups in total. The monoisotopic (exact) mass is 1190 g/mol. The fourth-order valence-corrected chi connectivity index (χ4v) is 11.2. The van der Waals surface area contributed by atoms with Gasteiger partial charge in [0.2, 0.25) is 5.91 Å². The molecule has 0 saturated carbocycles. The third kappa shape index (κ3) is 38.9. The summed E-state index contributed by atoms with van der Waals surface area (Å²) in [5.74, 6) is -0.236. The normalized spacial score (nSPS) is 24.0. The van der Waals surface area contributed by atoms with Crippen LogP contribution in [0.1, 0.15) is 284 Å². The fraction of sp³-hybridized carbons (Fsp3) is 0.843. The van der Waals surface area contributed by atoms with E-state index in [0.717, 1.165) is 64.2 Å². The van der Waals surface area contributed by atoms with Gasteiger partial charge < -0.3 is 65.1 Å². The average molecular weight is 1190 g/mol. The molecule has 2 saturated heterocycles. The number of aliphatic hydroxyl groups excluding tert-OH is 8. The molecule has 2 fully saturated rings. The Morgan fingerprint density at radius 3 is 1.26 bits per heavy atom. The lowest BCUT2D eigenvalue weighted by atomic mass is 9.97. The molecule has 0 spiro atoms. The molecule has 2 rings (SSSR count). The molecule has 12 unspecified atom stereocenters. The van der Waals surface area contributed by atoms with Gasteiger partial charge in [0, 0.05) is 6.42 Å². The lowest BCUT2D eigenvalue weighted by Gasteiger charge is -2.46. The van der Waals surface area contributed by atoms with Crippen molar-refractivity contribution in [3.05, 3.63) is 60.8 Å². The smallest absolute Gasteiger partial charge is 0.220 e. The first-order valence-corrected chi connectivity index (χ1v) is 34.5. The van der Waals surface area contributed by atoms with E-state index in [2.05, 4.69) is 67.8 Å². The molecular weight excluding hydrogens is 1060 g/mol. The van der Waals surface area contributed by atoms with Crippen molar-refractivity contribution in [1.29, 1.82) is 0 Å². The first-order chi connectivity index (χ1) is 41.1. The largest absolute Gasteiger partial charge is 0.394 e. The van der Waals surface area contributed by atoms with Gasteiger partial charge in [0.05, 0.1) is 32.0 Å². The van der Waals surface area contributed by atoms with E-state index in [-0.39, 0.29) is 18.9 Å². The Morgan fingerprint density at radius 2 is 0.821 bits per heavy atom. The molecule has 2 heterocycles. The zero-order chi connectivity index (χ0) is 60.9. The second-order valence-electron chi connectivity index (χ2n) is 24.3. The molecule has 14 heteroatoms. The molecule has 2 aliphatic rings. The van der Waals surface area contributed by atoms with Crippen molar-refractivity contribution < 1.29 is 64.6 Å². The summed E-state index contributed by atoms with van der Waals surface area (Å²) in [7, 11) is 0. The van der Waals surface area contributed by atoms with Gasteiger partial charge in [-0.25, -0.2) is 0 Å². The number of carbonyl (C=O) groups excluding carboxylic acids is 1. The maximum Gasteiger partial charge on any atom is 0.220 e.